The van der Waals surface area contributed by atoms with Gasteiger partial charge in [-0.1, -0.05) is 53.4 Å². The van der Waals surface area contributed by atoms with Crippen LogP contribution in [0, 0.1) is 11.8 Å². The molecule has 0 N–H and O–H groups in total. The smallest absolute Gasteiger partial charge is 0.132 e. The highest BCUT2D eigenvalue weighted by atomic mass is 16.1. The van der Waals surface area contributed by atoms with Gasteiger partial charge in [0, 0.05) is 12.8 Å². The third kappa shape index (κ3) is 8.94. The Morgan fingerprint density at radius 1 is 0.812 bits per heavy atom. The average Bonchev–Trinajstić information content (AvgIpc) is 2.24. The summed E-state index contributed by atoms with van der Waals surface area (Å²) < 4.78 is 0. The highest BCUT2D eigenvalue weighted by Gasteiger charge is 2.08. The lowest BCUT2D eigenvalue weighted by Crippen LogP contribution is -2.05. The van der Waals surface area contributed by atoms with Crippen molar-refractivity contribution in [1.82, 2.24) is 0 Å². The molecule has 2 atom stereocenters. The molecule has 1 heteroatoms. The first-order valence-corrected chi connectivity index (χ1v) is 7.11. The van der Waals surface area contributed by atoms with Gasteiger partial charge in [-0.25, -0.2) is 0 Å². The maximum absolute atomic E-state index is 11.7. The van der Waals surface area contributed by atoms with Crippen LogP contribution in [0.2, 0.25) is 0 Å². The Kier molecular flexibility index (Phi) is 9.66. The number of Topliss-reactive ketones (excluding diaryl/α,β-unsaturated/α-hetero) is 1. The second kappa shape index (κ2) is 9.86. The third-order valence-electron chi connectivity index (χ3n) is 3.39. The molecule has 0 rings (SSSR count). The largest absolute Gasteiger partial charge is 0.300 e. The van der Waals surface area contributed by atoms with Crippen LogP contribution in [0.25, 0.3) is 0 Å². The topological polar surface area (TPSA) is 17.1 Å². The van der Waals surface area contributed by atoms with Gasteiger partial charge in [0.05, 0.1) is 0 Å². The Bertz CT molecular complexity index is 156. The lowest BCUT2D eigenvalue weighted by molar-refractivity contribution is -0.119. The minimum absolute atomic E-state index is 0.478. The fourth-order valence-electron chi connectivity index (χ4n) is 2.21. The molecule has 0 saturated heterocycles. The monoisotopic (exact) mass is 226 g/mol. The second-order valence-electron chi connectivity index (χ2n) is 5.40. The summed E-state index contributed by atoms with van der Waals surface area (Å²) in [5.74, 6) is 1.93. The fraction of sp³-hybridized carbons (Fsp3) is 0.933. The third-order valence-corrected chi connectivity index (χ3v) is 3.39. The van der Waals surface area contributed by atoms with Crippen molar-refractivity contribution in [3.63, 3.8) is 0 Å². The lowest BCUT2D eigenvalue weighted by Gasteiger charge is -2.11. The van der Waals surface area contributed by atoms with E-state index in [0.29, 0.717) is 5.78 Å². The van der Waals surface area contributed by atoms with Crippen molar-refractivity contribution in [2.24, 2.45) is 11.8 Å². The van der Waals surface area contributed by atoms with E-state index in [1.165, 1.54) is 25.7 Å². The zero-order valence-corrected chi connectivity index (χ0v) is 11.7. The molecular formula is C15H30O. The van der Waals surface area contributed by atoms with E-state index in [4.69, 9.17) is 0 Å². The van der Waals surface area contributed by atoms with Crippen LogP contribution in [-0.2, 0) is 4.79 Å². The van der Waals surface area contributed by atoms with Gasteiger partial charge >= 0.3 is 0 Å². The van der Waals surface area contributed by atoms with E-state index in [0.717, 1.165) is 37.5 Å². The Morgan fingerprint density at radius 2 is 1.19 bits per heavy atom. The van der Waals surface area contributed by atoms with Gasteiger partial charge in [-0.05, 0) is 24.7 Å². The van der Waals surface area contributed by atoms with E-state index >= 15 is 0 Å². The lowest BCUT2D eigenvalue weighted by atomic mass is 9.94. The fourth-order valence-corrected chi connectivity index (χ4v) is 2.21. The molecule has 0 aliphatic rings. The van der Waals surface area contributed by atoms with Gasteiger partial charge in [0.15, 0.2) is 0 Å². The number of ketones is 1. The summed E-state index contributed by atoms with van der Waals surface area (Å²) in [6, 6.07) is 0. The normalized spacial score (nSPS) is 14.8. The molecule has 0 bridgehead atoms. The van der Waals surface area contributed by atoms with Crippen LogP contribution in [0.1, 0.15) is 79.1 Å². The number of hydrogen-bond acceptors (Lipinski definition) is 1. The number of hydrogen-bond donors (Lipinski definition) is 0. The van der Waals surface area contributed by atoms with Gasteiger partial charge in [-0.15, -0.1) is 0 Å². The van der Waals surface area contributed by atoms with E-state index in [1.807, 2.05) is 0 Å². The van der Waals surface area contributed by atoms with Crippen LogP contribution in [0.3, 0.4) is 0 Å². The maximum atomic E-state index is 11.7. The molecule has 16 heavy (non-hydrogen) atoms. The predicted molar refractivity (Wildman–Crippen MR) is 71.6 cm³/mol. The number of carbonyl (C=O) groups is 1. The Morgan fingerprint density at radius 3 is 1.50 bits per heavy atom. The van der Waals surface area contributed by atoms with E-state index < -0.39 is 0 Å². The van der Waals surface area contributed by atoms with Crippen LogP contribution >= 0.6 is 0 Å². The molecular weight excluding hydrogens is 196 g/mol. The Labute approximate surface area is 102 Å². The highest BCUT2D eigenvalue weighted by molar-refractivity contribution is 5.78. The molecule has 0 aromatic carbocycles. The SMILES string of the molecule is CCCC(C)CCC(=O)CCC(C)CCC. The first-order valence-electron chi connectivity index (χ1n) is 7.11. The molecule has 0 saturated carbocycles. The predicted octanol–water partition coefficient (Wildman–Crippen LogP) is 4.99. The van der Waals surface area contributed by atoms with Gasteiger partial charge in [0.2, 0.25) is 0 Å². The second-order valence-corrected chi connectivity index (χ2v) is 5.40. The molecule has 0 aromatic heterocycles. The van der Waals surface area contributed by atoms with Gasteiger partial charge < -0.3 is 0 Å². The molecule has 0 radical (unpaired) electrons. The molecule has 2 unspecified atom stereocenters. The van der Waals surface area contributed by atoms with Crippen molar-refractivity contribution >= 4 is 5.78 Å². The molecule has 0 heterocycles. The molecule has 0 amide bonds. The van der Waals surface area contributed by atoms with Crippen LogP contribution in [0.15, 0.2) is 0 Å². The van der Waals surface area contributed by atoms with E-state index in [-0.39, 0.29) is 0 Å². The Balaban J connectivity index is 3.51. The van der Waals surface area contributed by atoms with Crippen LogP contribution < -0.4 is 0 Å². The first kappa shape index (κ1) is 15.7. The summed E-state index contributed by atoms with van der Waals surface area (Å²) in [4.78, 5) is 11.7. The van der Waals surface area contributed by atoms with E-state index in [1.54, 1.807) is 0 Å². The minimum atomic E-state index is 0.478. The number of rotatable bonds is 10. The number of carbonyl (C=O) groups excluding carboxylic acids is 1. The van der Waals surface area contributed by atoms with E-state index in [9.17, 15) is 4.79 Å². The van der Waals surface area contributed by atoms with Crippen molar-refractivity contribution in [3.8, 4) is 0 Å². The zero-order valence-electron chi connectivity index (χ0n) is 11.7. The standard InChI is InChI=1S/C15H30O/c1-5-7-13(3)9-11-15(16)12-10-14(4)8-6-2/h13-14H,5-12H2,1-4H3. The quantitative estimate of drug-likeness (QED) is 0.513. The van der Waals surface area contributed by atoms with Gasteiger partial charge in [0.25, 0.3) is 0 Å². The average molecular weight is 226 g/mol. The summed E-state index contributed by atoms with van der Waals surface area (Å²) in [6.07, 6.45) is 8.80. The van der Waals surface area contributed by atoms with Crippen LogP contribution in [-0.4, -0.2) is 5.78 Å². The summed E-state index contributed by atoms with van der Waals surface area (Å²) >= 11 is 0. The molecule has 0 aromatic rings. The molecule has 0 fully saturated rings. The van der Waals surface area contributed by atoms with Crippen molar-refractivity contribution in [2.75, 3.05) is 0 Å². The molecule has 0 aliphatic heterocycles. The molecule has 0 spiro atoms. The van der Waals surface area contributed by atoms with Crippen LogP contribution in [0.5, 0.6) is 0 Å². The van der Waals surface area contributed by atoms with E-state index in [2.05, 4.69) is 27.7 Å². The summed E-state index contributed by atoms with van der Waals surface area (Å²) in [5.41, 5.74) is 0. The van der Waals surface area contributed by atoms with Crippen molar-refractivity contribution < 1.29 is 4.79 Å². The summed E-state index contributed by atoms with van der Waals surface area (Å²) in [6.45, 7) is 8.95. The zero-order chi connectivity index (χ0) is 12.4. The maximum Gasteiger partial charge on any atom is 0.132 e. The Hall–Kier alpha value is -0.330. The minimum Gasteiger partial charge on any atom is -0.300 e. The van der Waals surface area contributed by atoms with Crippen LogP contribution in [0.4, 0.5) is 0 Å². The van der Waals surface area contributed by atoms with Crippen molar-refractivity contribution in [2.45, 2.75) is 79.1 Å². The first-order chi connectivity index (χ1) is 7.60. The molecule has 96 valence electrons. The van der Waals surface area contributed by atoms with Crippen molar-refractivity contribution in [3.05, 3.63) is 0 Å². The van der Waals surface area contributed by atoms with Gasteiger partial charge in [0.1, 0.15) is 5.78 Å². The molecule has 1 nitrogen and oxygen atoms in total. The molecule has 0 aliphatic carbocycles. The highest BCUT2D eigenvalue weighted by Crippen LogP contribution is 2.16. The summed E-state index contributed by atoms with van der Waals surface area (Å²) in [7, 11) is 0. The van der Waals surface area contributed by atoms with Crippen molar-refractivity contribution in [1.29, 1.82) is 0 Å². The van der Waals surface area contributed by atoms with Gasteiger partial charge in [-0.3, -0.25) is 4.79 Å². The van der Waals surface area contributed by atoms with Gasteiger partial charge in [-0.2, -0.15) is 0 Å². The summed E-state index contributed by atoms with van der Waals surface area (Å²) in [5, 5.41) is 0.